The first-order chi connectivity index (χ1) is 14.7. The van der Waals surface area contributed by atoms with E-state index in [0.29, 0.717) is 54.5 Å². The smallest absolute Gasteiger partial charge is 0.291 e. The molecule has 2 heterocycles. The first-order valence-corrected chi connectivity index (χ1v) is 9.61. The molecule has 0 unspecified atom stereocenters. The van der Waals surface area contributed by atoms with Gasteiger partial charge in [0.2, 0.25) is 5.76 Å². The summed E-state index contributed by atoms with van der Waals surface area (Å²) in [6.45, 7) is 1.69. The van der Waals surface area contributed by atoms with Crippen molar-refractivity contribution in [1.29, 1.82) is 0 Å². The number of nitrogens with one attached hydrogen (secondary N) is 1. The summed E-state index contributed by atoms with van der Waals surface area (Å²) in [5.41, 5.74) is 0.880. The first kappa shape index (κ1) is 19.8. The number of rotatable bonds is 6. The van der Waals surface area contributed by atoms with Crippen LogP contribution in [0.4, 0.5) is 5.69 Å². The Morgan fingerprint density at radius 3 is 2.47 bits per heavy atom. The number of hydrogen-bond donors (Lipinski definition) is 1. The van der Waals surface area contributed by atoms with Crippen LogP contribution in [0.25, 0.3) is 11.0 Å². The number of para-hydroxylation sites is 1. The zero-order chi connectivity index (χ0) is 20.9. The van der Waals surface area contributed by atoms with Crippen molar-refractivity contribution in [3.8, 4) is 11.5 Å². The van der Waals surface area contributed by atoms with Crippen LogP contribution < -0.4 is 14.8 Å². The standard InChI is InChI=1S/C22H22N2O6/c1-27-15-6-8-16(9-7-15)29-14-19(25)23-20-17-4-2-3-5-18(17)30-21(20)22(26)24-10-12-28-13-11-24/h2-9H,10-14H2,1H3,(H,23,25). The van der Waals surface area contributed by atoms with E-state index in [1.54, 1.807) is 48.4 Å². The van der Waals surface area contributed by atoms with Gasteiger partial charge in [-0.2, -0.15) is 0 Å². The number of fused-ring (bicyclic) bond motifs is 1. The molecular weight excluding hydrogens is 388 g/mol. The van der Waals surface area contributed by atoms with Gasteiger partial charge in [0.1, 0.15) is 22.8 Å². The van der Waals surface area contributed by atoms with Gasteiger partial charge in [0.25, 0.3) is 11.8 Å². The Hall–Kier alpha value is -3.52. The molecule has 30 heavy (non-hydrogen) atoms. The molecule has 1 N–H and O–H groups in total. The Labute approximate surface area is 173 Å². The normalized spacial score (nSPS) is 13.8. The zero-order valence-corrected chi connectivity index (χ0v) is 16.6. The van der Waals surface area contributed by atoms with Crippen LogP contribution in [0.5, 0.6) is 11.5 Å². The fourth-order valence-electron chi connectivity index (χ4n) is 3.23. The summed E-state index contributed by atoms with van der Waals surface area (Å²) in [7, 11) is 1.58. The average Bonchev–Trinajstić information content (AvgIpc) is 3.16. The van der Waals surface area contributed by atoms with Gasteiger partial charge in [-0.1, -0.05) is 12.1 Å². The Morgan fingerprint density at radius 1 is 1.03 bits per heavy atom. The minimum atomic E-state index is -0.395. The minimum Gasteiger partial charge on any atom is -0.497 e. The van der Waals surface area contributed by atoms with Crippen molar-refractivity contribution < 1.29 is 28.2 Å². The summed E-state index contributed by atoms with van der Waals surface area (Å²) < 4.78 is 21.7. The van der Waals surface area contributed by atoms with E-state index in [9.17, 15) is 9.59 Å². The van der Waals surface area contributed by atoms with E-state index in [1.807, 2.05) is 12.1 Å². The average molecular weight is 410 g/mol. The lowest BCUT2D eigenvalue weighted by Crippen LogP contribution is -2.40. The number of anilines is 1. The van der Waals surface area contributed by atoms with E-state index in [0.717, 1.165) is 0 Å². The van der Waals surface area contributed by atoms with E-state index in [2.05, 4.69) is 5.32 Å². The first-order valence-electron chi connectivity index (χ1n) is 9.61. The highest BCUT2D eigenvalue weighted by Crippen LogP contribution is 2.32. The van der Waals surface area contributed by atoms with Crippen LogP contribution in [0.2, 0.25) is 0 Å². The zero-order valence-electron chi connectivity index (χ0n) is 16.6. The largest absolute Gasteiger partial charge is 0.497 e. The van der Waals surface area contributed by atoms with Gasteiger partial charge in [0.15, 0.2) is 6.61 Å². The van der Waals surface area contributed by atoms with Gasteiger partial charge in [-0.25, -0.2) is 0 Å². The number of furan rings is 1. The molecule has 0 spiro atoms. The molecular formula is C22H22N2O6. The van der Waals surface area contributed by atoms with Crippen molar-refractivity contribution in [2.75, 3.05) is 45.3 Å². The number of hydrogen-bond acceptors (Lipinski definition) is 6. The molecule has 4 rings (SSSR count). The van der Waals surface area contributed by atoms with Gasteiger partial charge < -0.3 is 28.8 Å². The van der Waals surface area contributed by atoms with Crippen LogP contribution >= 0.6 is 0 Å². The predicted molar refractivity (Wildman–Crippen MR) is 110 cm³/mol. The number of ether oxygens (including phenoxy) is 3. The second kappa shape index (κ2) is 8.87. The lowest BCUT2D eigenvalue weighted by Gasteiger charge is -2.26. The minimum absolute atomic E-state index is 0.107. The third-order valence-electron chi connectivity index (χ3n) is 4.78. The van der Waals surface area contributed by atoms with Crippen LogP contribution in [0, 0.1) is 0 Å². The molecule has 0 aliphatic carbocycles. The summed E-state index contributed by atoms with van der Waals surface area (Å²) in [4.78, 5) is 27.2. The van der Waals surface area contributed by atoms with Crippen molar-refractivity contribution in [3.63, 3.8) is 0 Å². The van der Waals surface area contributed by atoms with Gasteiger partial charge in [-0.3, -0.25) is 9.59 Å². The number of benzene rings is 2. The van der Waals surface area contributed by atoms with E-state index < -0.39 is 5.91 Å². The lowest BCUT2D eigenvalue weighted by molar-refractivity contribution is -0.118. The van der Waals surface area contributed by atoms with Crippen molar-refractivity contribution in [2.24, 2.45) is 0 Å². The topological polar surface area (TPSA) is 90.2 Å². The third kappa shape index (κ3) is 4.23. The maximum absolute atomic E-state index is 13.0. The molecule has 8 nitrogen and oxygen atoms in total. The fourth-order valence-corrected chi connectivity index (χ4v) is 3.23. The van der Waals surface area contributed by atoms with Crippen LogP contribution in [0.3, 0.4) is 0 Å². The van der Waals surface area contributed by atoms with E-state index in [1.165, 1.54) is 0 Å². The fraction of sp³-hybridized carbons (Fsp3) is 0.273. The molecule has 156 valence electrons. The van der Waals surface area contributed by atoms with Crippen molar-refractivity contribution in [2.45, 2.75) is 0 Å². The third-order valence-corrected chi connectivity index (χ3v) is 4.78. The lowest BCUT2D eigenvalue weighted by atomic mass is 10.2. The summed E-state index contributed by atoms with van der Waals surface area (Å²) >= 11 is 0. The molecule has 1 aliphatic rings. The van der Waals surface area contributed by atoms with E-state index in [4.69, 9.17) is 18.6 Å². The SMILES string of the molecule is COc1ccc(OCC(=O)Nc2c(C(=O)N3CCOCC3)oc3ccccc23)cc1. The molecule has 1 saturated heterocycles. The number of methoxy groups -OCH3 is 1. The molecule has 1 fully saturated rings. The van der Waals surface area contributed by atoms with Gasteiger partial charge in [0.05, 0.1) is 20.3 Å². The van der Waals surface area contributed by atoms with Crippen LogP contribution in [-0.2, 0) is 9.53 Å². The molecule has 1 aromatic heterocycles. The van der Waals surface area contributed by atoms with E-state index >= 15 is 0 Å². The van der Waals surface area contributed by atoms with Crippen LogP contribution in [-0.4, -0.2) is 56.7 Å². The highest BCUT2D eigenvalue weighted by Gasteiger charge is 2.27. The van der Waals surface area contributed by atoms with Crippen molar-refractivity contribution >= 4 is 28.5 Å². The van der Waals surface area contributed by atoms with Gasteiger partial charge >= 0.3 is 0 Å². The van der Waals surface area contributed by atoms with Gasteiger partial charge in [-0.05, 0) is 36.4 Å². The summed E-state index contributed by atoms with van der Waals surface area (Å²) in [5.74, 6) is 0.667. The maximum atomic E-state index is 13.0. The molecule has 0 bridgehead atoms. The second-order valence-corrected chi connectivity index (χ2v) is 6.72. The molecule has 0 saturated carbocycles. The summed E-state index contributed by atoms with van der Waals surface area (Å²) in [6.07, 6.45) is 0. The summed E-state index contributed by atoms with van der Waals surface area (Å²) in [6, 6.07) is 14.1. The number of nitrogens with zero attached hydrogens (tertiary/aromatic N) is 1. The maximum Gasteiger partial charge on any atom is 0.291 e. The molecule has 8 heteroatoms. The number of morpholine rings is 1. The second-order valence-electron chi connectivity index (χ2n) is 6.72. The molecule has 3 aromatic rings. The molecule has 2 amide bonds. The van der Waals surface area contributed by atoms with Crippen molar-refractivity contribution in [3.05, 3.63) is 54.3 Å². The highest BCUT2D eigenvalue weighted by molar-refractivity contribution is 6.11. The Balaban J connectivity index is 1.51. The molecule has 0 radical (unpaired) electrons. The van der Waals surface area contributed by atoms with Crippen LogP contribution in [0.15, 0.2) is 52.9 Å². The Kier molecular flexibility index (Phi) is 5.85. The van der Waals surface area contributed by atoms with E-state index in [-0.39, 0.29) is 18.3 Å². The Bertz CT molecular complexity index is 1040. The number of carbonyl (C=O) groups excluding carboxylic acids is 2. The molecule has 0 atom stereocenters. The predicted octanol–water partition coefficient (Wildman–Crippen LogP) is 2.93. The monoisotopic (exact) mass is 410 g/mol. The quantitative estimate of drug-likeness (QED) is 0.672. The molecule has 2 aromatic carbocycles. The Morgan fingerprint density at radius 2 is 1.73 bits per heavy atom. The molecule has 1 aliphatic heterocycles. The summed E-state index contributed by atoms with van der Waals surface area (Å²) in [5, 5.41) is 3.44. The number of carbonyl (C=O) groups is 2. The van der Waals surface area contributed by atoms with Crippen molar-refractivity contribution in [1.82, 2.24) is 4.90 Å². The van der Waals surface area contributed by atoms with Gasteiger partial charge in [-0.15, -0.1) is 0 Å². The van der Waals surface area contributed by atoms with Crippen LogP contribution in [0.1, 0.15) is 10.6 Å². The highest BCUT2D eigenvalue weighted by atomic mass is 16.5. The van der Waals surface area contributed by atoms with Gasteiger partial charge in [0, 0.05) is 18.5 Å². The number of amides is 2.